The van der Waals surface area contributed by atoms with Crippen LogP contribution >= 0.6 is 15.9 Å². The Labute approximate surface area is 244 Å². The molecule has 0 radical (unpaired) electrons. The molecule has 1 N–H and O–H groups in total. The fourth-order valence-corrected chi connectivity index (χ4v) is 6.67. The molecule has 0 aliphatic heterocycles. The Morgan fingerprint density at radius 3 is 2.30 bits per heavy atom. The Bertz CT molecular complexity index is 1410. The van der Waals surface area contributed by atoms with Crippen molar-refractivity contribution >= 4 is 43.5 Å². The molecule has 0 unspecified atom stereocenters. The molecule has 1 fully saturated rings. The van der Waals surface area contributed by atoms with E-state index in [4.69, 9.17) is 4.74 Å². The zero-order chi connectivity index (χ0) is 28.7. The average Bonchev–Trinajstić information content (AvgIpc) is 3.47. The maximum absolute atomic E-state index is 14.0. The predicted molar refractivity (Wildman–Crippen MR) is 159 cm³/mol. The minimum absolute atomic E-state index is 0.0236. The summed E-state index contributed by atoms with van der Waals surface area (Å²) in [6, 6.07) is 21.3. The van der Waals surface area contributed by atoms with E-state index >= 15 is 0 Å². The fourth-order valence-electron chi connectivity index (χ4n) is 4.80. The standard InChI is InChI=1S/C30H34BrN3O5S/c1-22(30(36)32-25-11-6-7-12-25)33(20-23-9-8-10-24(31)19-23)29(35)21-34(26-13-4-3-5-14-26)40(37,38)28-17-15-27(39-2)16-18-28/h3-5,8-10,13-19,22,25H,6-7,11-12,20-21H2,1-2H3,(H,32,36)/t22-/m0/s1. The van der Waals surface area contributed by atoms with E-state index in [1.807, 2.05) is 24.3 Å². The summed E-state index contributed by atoms with van der Waals surface area (Å²) in [5.41, 5.74) is 1.16. The van der Waals surface area contributed by atoms with Gasteiger partial charge in [0.2, 0.25) is 11.8 Å². The molecule has 1 aliphatic carbocycles. The molecule has 40 heavy (non-hydrogen) atoms. The molecule has 3 aromatic rings. The lowest BCUT2D eigenvalue weighted by atomic mass is 10.1. The van der Waals surface area contributed by atoms with Crippen LogP contribution < -0.4 is 14.4 Å². The van der Waals surface area contributed by atoms with E-state index in [9.17, 15) is 18.0 Å². The molecule has 10 heteroatoms. The van der Waals surface area contributed by atoms with Crippen LogP contribution in [0.4, 0.5) is 5.69 Å². The van der Waals surface area contributed by atoms with Gasteiger partial charge in [-0.05, 0) is 73.9 Å². The number of nitrogens with one attached hydrogen (secondary N) is 1. The van der Waals surface area contributed by atoms with Gasteiger partial charge in [-0.1, -0.05) is 59.1 Å². The van der Waals surface area contributed by atoms with Crippen LogP contribution in [-0.4, -0.2) is 50.9 Å². The van der Waals surface area contributed by atoms with Crippen molar-refractivity contribution in [3.05, 3.63) is 88.9 Å². The number of carbonyl (C=O) groups is 2. The number of nitrogens with zero attached hydrogens (tertiary/aromatic N) is 2. The van der Waals surface area contributed by atoms with Gasteiger partial charge in [0.05, 0.1) is 17.7 Å². The molecule has 8 nitrogen and oxygen atoms in total. The number of rotatable bonds is 11. The van der Waals surface area contributed by atoms with Crippen molar-refractivity contribution in [3.63, 3.8) is 0 Å². The number of amides is 2. The normalized spacial score (nSPS) is 14.4. The van der Waals surface area contributed by atoms with Crippen molar-refractivity contribution in [3.8, 4) is 5.75 Å². The Hall–Kier alpha value is -3.37. The molecule has 0 bridgehead atoms. The monoisotopic (exact) mass is 627 g/mol. The van der Waals surface area contributed by atoms with Crippen molar-refractivity contribution in [2.45, 2.75) is 56.1 Å². The van der Waals surface area contributed by atoms with E-state index in [1.165, 1.54) is 24.1 Å². The molecule has 2 amide bonds. The largest absolute Gasteiger partial charge is 0.497 e. The maximum Gasteiger partial charge on any atom is 0.264 e. The van der Waals surface area contributed by atoms with Crippen LogP contribution in [0, 0.1) is 0 Å². The second kappa shape index (κ2) is 13.3. The van der Waals surface area contributed by atoms with E-state index in [2.05, 4.69) is 21.2 Å². The zero-order valence-corrected chi connectivity index (χ0v) is 25.0. The van der Waals surface area contributed by atoms with Crippen LogP contribution in [0.3, 0.4) is 0 Å². The van der Waals surface area contributed by atoms with E-state index in [0.29, 0.717) is 11.4 Å². The van der Waals surface area contributed by atoms with Crippen LogP contribution in [0.15, 0.2) is 88.2 Å². The molecule has 0 heterocycles. The van der Waals surface area contributed by atoms with Gasteiger partial charge in [0.25, 0.3) is 10.0 Å². The highest BCUT2D eigenvalue weighted by atomic mass is 79.9. The fraction of sp³-hybridized carbons (Fsp3) is 0.333. The first-order valence-electron chi connectivity index (χ1n) is 13.2. The quantitative estimate of drug-likeness (QED) is 0.318. The molecule has 4 rings (SSSR count). The van der Waals surface area contributed by atoms with E-state index in [0.717, 1.165) is 40.0 Å². The smallest absolute Gasteiger partial charge is 0.264 e. The minimum atomic E-state index is -4.13. The van der Waals surface area contributed by atoms with Gasteiger partial charge >= 0.3 is 0 Å². The second-order valence-electron chi connectivity index (χ2n) is 9.84. The molecule has 3 aromatic carbocycles. The topological polar surface area (TPSA) is 96.0 Å². The van der Waals surface area contributed by atoms with Gasteiger partial charge in [-0.15, -0.1) is 0 Å². The number of sulfonamides is 1. The third-order valence-electron chi connectivity index (χ3n) is 7.08. The summed E-state index contributed by atoms with van der Waals surface area (Å²) in [5.74, 6) is -0.224. The number of anilines is 1. The van der Waals surface area contributed by atoms with Gasteiger partial charge < -0.3 is 15.0 Å². The summed E-state index contributed by atoms with van der Waals surface area (Å²) in [7, 11) is -2.63. The molecule has 1 saturated carbocycles. The number of methoxy groups -OCH3 is 1. The lowest BCUT2D eigenvalue weighted by Crippen LogP contribution is -2.52. The zero-order valence-electron chi connectivity index (χ0n) is 22.6. The number of ether oxygens (including phenoxy) is 1. The summed E-state index contributed by atoms with van der Waals surface area (Å²) < 4.78 is 34.8. The van der Waals surface area contributed by atoms with E-state index < -0.39 is 28.5 Å². The van der Waals surface area contributed by atoms with E-state index in [1.54, 1.807) is 49.4 Å². The van der Waals surface area contributed by atoms with Gasteiger partial charge in [0.15, 0.2) is 0 Å². The van der Waals surface area contributed by atoms with Gasteiger partial charge in [0, 0.05) is 17.1 Å². The minimum Gasteiger partial charge on any atom is -0.497 e. The Morgan fingerprint density at radius 1 is 1.00 bits per heavy atom. The van der Waals surface area contributed by atoms with E-state index in [-0.39, 0.29) is 23.4 Å². The van der Waals surface area contributed by atoms with Crippen LogP contribution in [0.2, 0.25) is 0 Å². The lowest BCUT2D eigenvalue weighted by Gasteiger charge is -2.32. The van der Waals surface area contributed by atoms with Crippen LogP contribution in [-0.2, 0) is 26.2 Å². The van der Waals surface area contributed by atoms with Crippen LogP contribution in [0.25, 0.3) is 0 Å². The average molecular weight is 629 g/mol. The van der Waals surface area contributed by atoms with Crippen molar-refractivity contribution < 1.29 is 22.7 Å². The van der Waals surface area contributed by atoms with Crippen molar-refractivity contribution in [2.24, 2.45) is 0 Å². The van der Waals surface area contributed by atoms with Crippen molar-refractivity contribution in [1.29, 1.82) is 0 Å². The van der Waals surface area contributed by atoms with Gasteiger partial charge in [0.1, 0.15) is 18.3 Å². The summed E-state index contributed by atoms with van der Waals surface area (Å²) in [5, 5.41) is 3.08. The third-order valence-corrected chi connectivity index (χ3v) is 9.36. The first-order chi connectivity index (χ1) is 19.2. The molecule has 1 aliphatic rings. The first-order valence-corrected chi connectivity index (χ1v) is 15.5. The second-order valence-corrected chi connectivity index (χ2v) is 12.6. The molecule has 0 aromatic heterocycles. The number of carbonyl (C=O) groups excluding carboxylic acids is 2. The highest BCUT2D eigenvalue weighted by Crippen LogP contribution is 2.26. The van der Waals surface area contributed by atoms with Gasteiger partial charge in [-0.2, -0.15) is 0 Å². The Kier molecular flexibility index (Phi) is 9.86. The molecule has 0 saturated heterocycles. The van der Waals surface area contributed by atoms with Crippen molar-refractivity contribution in [2.75, 3.05) is 18.0 Å². The predicted octanol–water partition coefficient (Wildman–Crippen LogP) is 5.13. The summed E-state index contributed by atoms with van der Waals surface area (Å²) in [4.78, 5) is 28.7. The van der Waals surface area contributed by atoms with Crippen molar-refractivity contribution in [1.82, 2.24) is 10.2 Å². The maximum atomic E-state index is 14.0. The van der Waals surface area contributed by atoms with Crippen LogP contribution in [0.5, 0.6) is 5.75 Å². The molecule has 0 spiro atoms. The van der Waals surface area contributed by atoms with Gasteiger partial charge in [-0.3, -0.25) is 13.9 Å². The number of hydrogen-bond donors (Lipinski definition) is 1. The SMILES string of the molecule is COc1ccc(S(=O)(=O)N(CC(=O)N(Cc2cccc(Br)c2)[C@@H](C)C(=O)NC2CCCC2)c2ccccc2)cc1. The third kappa shape index (κ3) is 7.22. The van der Waals surface area contributed by atoms with Crippen LogP contribution in [0.1, 0.15) is 38.2 Å². The number of para-hydroxylation sites is 1. The number of benzene rings is 3. The molecular weight excluding hydrogens is 594 g/mol. The highest BCUT2D eigenvalue weighted by Gasteiger charge is 2.33. The summed E-state index contributed by atoms with van der Waals surface area (Å²) in [6.45, 7) is 1.35. The first kappa shape index (κ1) is 29.6. The summed E-state index contributed by atoms with van der Waals surface area (Å²) >= 11 is 3.47. The molecular formula is C30H34BrN3O5S. The number of hydrogen-bond acceptors (Lipinski definition) is 5. The van der Waals surface area contributed by atoms with Gasteiger partial charge in [-0.25, -0.2) is 8.42 Å². The Balaban J connectivity index is 1.66. The highest BCUT2D eigenvalue weighted by molar-refractivity contribution is 9.10. The number of halogens is 1. The molecule has 1 atom stereocenters. The molecule has 212 valence electrons. The lowest BCUT2D eigenvalue weighted by molar-refractivity contribution is -0.139. The Morgan fingerprint density at radius 2 is 1.68 bits per heavy atom. The summed E-state index contributed by atoms with van der Waals surface area (Å²) in [6.07, 6.45) is 3.96.